The first-order chi connectivity index (χ1) is 23.3. The van der Waals surface area contributed by atoms with Crippen LogP contribution < -0.4 is 4.90 Å². The smallest absolute Gasteiger partial charge is 0.0446 e. The van der Waals surface area contributed by atoms with Gasteiger partial charge in [-0.15, -0.1) is 0 Å². The lowest BCUT2D eigenvalue weighted by Gasteiger charge is -2.43. The van der Waals surface area contributed by atoms with Crippen molar-refractivity contribution in [3.63, 3.8) is 0 Å². The van der Waals surface area contributed by atoms with E-state index in [4.69, 9.17) is 0 Å². The van der Waals surface area contributed by atoms with E-state index in [2.05, 4.69) is 154 Å². The minimum Gasteiger partial charge on any atom is -0.338 e. The van der Waals surface area contributed by atoms with Gasteiger partial charge in [-0.1, -0.05) is 113 Å². The van der Waals surface area contributed by atoms with Crippen molar-refractivity contribution in [2.45, 2.75) is 70.3 Å². The van der Waals surface area contributed by atoms with Crippen LogP contribution in [0.4, 0.5) is 11.4 Å². The molecule has 0 N–H and O–H groups in total. The second-order valence-electron chi connectivity index (χ2n) is 15.7. The van der Waals surface area contributed by atoms with Gasteiger partial charge in [0.1, 0.15) is 0 Å². The van der Waals surface area contributed by atoms with Crippen LogP contribution >= 0.6 is 0 Å². The molecular weight excluding hydrogens is 579 g/mol. The van der Waals surface area contributed by atoms with Crippen molar-refractivity contribution in [3.05, 3.63) is 155 Å². The summed E-state index contributed by atoms with van der Waals surface area (Å²) in [7, 11) is 0. The molecule has 6 aromatic carbocycles. The van der Waals surface area contributed by atoms with E-state index in [0.717, 1.165) is 12.8 Å². The van der Waals surface area contributed by atoms with Crippen molar-refractivity contribution in [1.82, 2.24) is 0 Å². The third-order valence-corrected chi connectivity index (χ3v) is 12.4. The normalized spacial score (nSPS) is 17.5. The zero-order valence-electron chi connectivity index (χ0n) is 28.4. The first-order valence-electron chi connectivity index (χ1n) is 17.8. The number of hydrogen-bond acceptors (Lipinski definition) is 1. The lowest BCUT2D eigenvalue weighted by molar-refractivity contribution is 0.518. The van der Waals surface area contributed by atoms with Gasteiger partial charge >= 0.3 is 0 Å². The summed E-state index contributed by atoms with van der Waals surface area (Å²) in [5.74, 6) is 0. The highest BCUT2D eigenvalue weighted by atomic mass is 15.2. The molecule has 0 aromatic heterocycles. The van der Waals surface area contributed by atoms with Crippen LogP contribution in [0, 0.1) is 0 Å². The fourth-order valence-corrected chi connectivity index (χ4v) is 9.74. The molecule has 0 amide bonds. The summed E-state index contributed by atoms with van der Waals surface area (Å²) >= 11 is 0. The van der Waals surface area contributed by atoms with Crippen molar-refractivity contribution in [3.8, 4) is 44.5 Å². The van der Waals surface area contributed by atoms with Crippen LogP contribution in [0.1, 0.15) is 73.9 Å². The van der Waals surface area contributed by atoms with Gasteiger partial charge in [0.2, 0.25) is 0 Å². The molecule has 2 aliphatic heterocycles. The van der Waals surface area contributed by atoms with E-state index < -0.39 is 0 Å². The van der Waals surface area contributed by atoms with Gasteiger partial charge in [0.05, 0.1) is 0 Å². The molecular formula is C47H41N. The van der Waals surface area contributed by atoms with Gasteiger partial charge in [0, 0.05) is 28.2 Å². The minimum absolute atomic E-state index is 0.0146. The van der Waals surface area contributed by atoms with Gasteiger partial charge in [-0.05, 0) is 140 Å². The lowest BCUT2D eigenvalue weighted by Crippen LogP contribution is -2.39. The topological polar surface area (TPSA) is 3.24 Å². The molecule has 0 saturated carbocycles. The maximum Gasteiger partial charge on any atom is 0.0446 e. The molecule has 0 fully saturated rings. The summed E-state index contributed by atoms with van der Waals surface area (Å²) in [6.07, 6.45) is 4.72. The van der Waals surface area contributed by atoms with Crippen LogP contribution in [0.3, 0.4) is 0 Å². The summed E-state index contributed by atoms with van der Waals surface area (Å²) in [4.78, 5) is 2.68. The molecule has 0 atom stereocenters. The first-order valence-corrected chi connectivity index (χ1v) is 17.8. The quantitative estimate of drug-likeness (QED) is 0.186. The molecule has 0 radical (unpaired) electrons. The predicted octanol–water partition coefficient (Wildman–Crippen LogP) is 12.0. The summed E-state index contributed by atoms with van der Waals surface area (Å²) < 4.78 is 0. The lowest BCUT2D eigenvalue weighted by atomic mass is 9.81. The first kappa shape index (κ1) is 28.2. The molecule has 234 valence electrons. The third-order valence-electron chi connectivity index (χ3n) is 12.4. The number of hydrogen-bond donors (Lipinski definition) is 0. The van der Waals surface area contributed by atoms with Gasteiger partial charge in [-0.25, -0.2) is 0 Å². The molecule has 0 spiro atoms. The Morgan fingerprint density at radius 2 is 0.833 bits per heavy atom. The Morgan fingerprint density at radius 3 is 1.31 bits per heavy atom. The highest BCUT2D eigenvalue weighted by Crippen LogP contribution is 2.52. The van der Waals surface area contributed by atoms with E-state index >= 15 is 0 Å². The second kappa shape index (κ2) is 9.83. The predicted molar refractivity (Wildman–Crippen MR) is 201 cm³/mol. The number of fused-ring (bicyclic) bond motifs is 11. The second-order valence-corrected chi connectivity index (χ2v) is 15.7. The van der Waals surface area contributed by atoms with Crippen molar-refractivity contribution >= 4 is 11.4 Å². The average molecular weight is 620 g/mol. The summed E-state index contributed by atoms with van der Waals surface area (Å²) in [5, 5.41) is 0. The van der Waals surface area contributed by atoms with Crippen LogP contribution in [0.2, 0.25) is 0 Å². The van der Waals surface area contributed by atoms with Crippen molar-refractivity contribution in [2.24, 2.45) is 0 Å². The number of aryl methyl sites for hydroxylation is 2. The monoisotopic (exact) mass is 619 g/mol. The Labute approximate surface area is 284 Å². The van der Waals surface area contributed by atoms with Crippen LogP contribution in [0.15, 0.2) is 121 Å². The van der Waals surface area contributed by atoms with Crippen molar-refractivity contribution in [1.29, 1.82) is 0 Å². The number of rotatable bonds is 2. The van der Waals surface area contributed by atoms with Crippen LogP contribution in [0.5, 0.6) is 0 Å². The van der Waals surface area contributed by atoms with Crippen molar-refractivity contribution < 1.29 is 0 Å². The highest BCUT2D eigenvalue weighted by Gasteiger charge is 2.37. The fourth-order valence-electron chi connectivity index (χ4n) is 9.74. The highest BCUT2D eigenvalue weighted by molar-refractivity contribution is 5.86. The molecule has 6 aromatic rings. The molecule has 0 saturated heterocycles. The van der Waals surface area contributed by atoms with E-state index in [1.165, 1.54) is 102 Å². The van der Waals surface area contributed by atoms with E-state index in [0.29, 0.717) is 6.04 Å². The molecule has 0 unspecified atom stereocenters. The maximum absolute atomic E-state index is 2.68. The number of benzene rings is 6. The van der Waals surface area contributed by atoms with Gasteiger partial charge in [0.25, 0.3) is 0 Å². The average Bonchev–Trinajstić information content (AvgIpc) is 3.50. The zero-order valence-corrected chi connectivity index (χ0v) is 28.4. The summed E-state index contributed by atoms with van der Waals surface area (Å²) in [6.45, 7) is 9.49. The minimum atomic E-state index is 0.0146. The molecule has 2 aliphatic carbocycles. The van der Waals surface area contributed by atoms with Gasteiger partial charge < -0.3 is 4.90 Å². The largest absolute Gasteiger partial charge is 0.338 e. The van der Waals surface area contributed by atoms with Gasteiger partial charge in [0.15, 0.2) is 0 Å². The maximum atomic E-state index is 2.68. The van der Waals surface area contributed by atoms with Gasteiger partial charge in [-0.2, -0.15) is 0 Å². The molecule has 48 heavy (non-hydrogen) atoms. The molecule has 10 rings (SSSR count). The van der Waals surface area contributed by atoms with Crippen LogP contribution in [-0.4, -0.2) is 6.04 Å². The third kappa shape index (κ3) is 3.85. The molecule has 1 nitrogen and oxygen atoms in total. The summed E-state index contributed by atoms with van der Waals surface area (Å²) in [5.41, 5.74) is 22.4. The van der Waals surface area contributed by atoms with Crippen LogP contribution in [-0.2, 0) is 23.7 Å². The number of nitrogens with zero attached hydrogens (tertiary/aromatic N) is 1. The van der Waals surface area contributed by atoms with Gasteiger partial charge in [-0.3, -0.25) is 0 Å². The van der Waals surface area contributed by atoms with E-state index in [9.17, 15) is 0 Å². The van der Waals surface area contributed by atoms with E-state index in [1.54, 1.807) is 0 Å². The van der Waals surface area contributed by atoms with E-state index in [1.807, 2.05) is 0 Å². The van der Waals surface area contributed by atoms with Crippen LogP contribution in [0.25, 0.3) is 44.5 Å². The zero-order chi connectivity index (χ0) is 32.4. The fraction of sp³-hybridized carbons (Fsp3) is 0.234. The standard InChI is InChI=1S/C47H41N/c1-46(2)40-11-7-5-9-36(40)38-21-15-31(27-42(38)46)29-17-23-44-33(25-29)13-19-35-20-14-34-26-30(18-24-45(34)48(35)44)32-16-22-39-37-10-6-8-12-41(37)47(3,4)43(39)28-32/h5-12,15-18,21-28,35H,13-14,19-20H2,1-4H3. The Balaban J connectivity index is 0.990. The molecule has 0 bridgehead atoms. The Bertz CT molecular complexity index is 2150. The SMILES string of the molecule is CC1(C)c2ccccc2-c2ccc(-c3ccc4c(c3)CCC3CCc5cc(-c6ccc7c(c6)C(C)(C)c6ccccc6-7)ccc5N43)cc21. The molecule has 2 heterocycles. The summed E-state index contributed by atoms with van der Waals surface area (Å²) in [6, 6.07) is 47.2. The Hall–Kier alpha value is -4.88. The van der Waals surface area contributed by atoms with E-state index in [-0.39, 0.29) is 10.8 Å². The Morgan fingerprint density at radius 1 is 0.438 bits per heavy atom. The molecule has 1 heteroatoms. The van der Waals surface area contributed by atoms with Crippen molar-refractivity contribution in [2.75, 3.05) is 4.90 Å². The Kier molecular flexibility index (Phi) is 5.77. The number of anilines is 2. The molecule has 4 aliphatic rings.